The third-order valence-corrected chi connectivity index (χ3v) is 6.58. The van der Waals surface area contributed by atoms with Gasteiger partial charge in [0.15, 0.2) is 5.78 Å². The van der Waals surface area contributed by atoms with Gasteiger partial charge in [-0.15, -0.1) is 0 Å². The predicted molar refractivity (Wildman–Crippen MR) is 121 cm³/mol. The van der Waals surface area contributed by atoms with E-state index < -0.39 is 5.41 Å². The Morgan fingerprint density at radius 3 is 1.97 bits per heavy atom. The van der Waals surface area contributed by atoms with Crippen molar-refractivity contribution in [3.8, 4) is 0 Å². The Morgan fingerprint density at radius 2 is 1.57 bits per heavy atom. The number of Topliss-reactive ketones (excluding diaryl/α,β-unsaturated/α-hetero) is 1. The van der Waals surface area contributed by atoms with Gasteiger partial charge in [-0.05, 0) is 36.3 Å². The van der Waals surface area contributed by atoms with Crippen LogP contribution in [0.4, 0.5) is 0 Å². The summed E-state index contributed by atoms with van der Waals surface area (Å²) in [7, 11) is 0. The average Bonchev–Trinajstić information content (AvgIpc) is 3.30. The van der Waals surface area contributed by atoms with E-state index in [1.165, 1.54) is 0 Å². The van der Waals surface area contributed by atoms with E-state index in [0.29, 0.717) is 13.1 Å². The van der Waals surface area contributed by atoms with Gasteiger partial charge in [0.1, 0.15) is 0 Å². The molecule has 0 bridgehead atoms. The number of nitrogens with zero attached hydrogens (tertiary/aromatic N) is 2. The van der Waals surface area contributed by atoms with Crippen LogP contribution in [-0.4, -0.2) is 34.7 Å². The van der Waals surface area contributed by atoms with Crippen molar-refractivity contribution in [3.05, 3.63) is 53.4 Å². The van der Waals surface area contributed by atoms with Crippen molar-refractivity contribution in [2.45, 2.75) is 61.3 Å². The molecule has 0 N–H and O–H groups in total. The van der Waals surface area contributed by atoms with Crippen molar-refractivity contribution in [1.29, 1.82) is 0 Å². The number of pyridine rings is 1. The molecule has 4 nitrogen and oxygen atoms in total. The number of carbonyl (C=O) groups is 2. The molecule has 4 heteroatoms. The monoisotopic (exact) mass is 408 g/mol. The Hall–Kier alpha value is -2.23. The molecule has 30 heavy (non-hydrogen) atoms. The highest BCUT2D eigenvalue weighted by atomic mass is 16.2. The molecular formula is C26H36N2O2. The molecule has 3 rings (SSSR count). The topological polar surface area (TPSA) is 50.3 Å². The fraction of sp³-hybridized carbons (Fsp3) is 0.577. The zero-order valence-electron chi connectivity index (χ0n) is 19.7. The van der Waals surface area contributed by atoms with Crippen LogP contribution >= 0.6 is 0 Å². The van der Waals surface area contributed by atoms with Crippen LogP contribution in [0.1, 0.15) is 66.9 Å². The van der Waals surface area contributed by atoms with Gasteiger partial charge >= 0.3 is 0 Å². The smallest absolute Gasteiger partial charge is 0.227 e. The molecule has 0 radical (unpaired) electrons. The lowest BCUT2D eigenvalue weighted by molar-refractivity contribution is -0.132. The van der Waals surface area contributed by atoms with Crippen LogP contribution in [0.2, 0.25) is 0 Å². The summed E-state index contributed by atoms with van der Waals surface area (Å²) in [6.07, 6.45) is 7.87. The lowest BCUT2D eigenvalue weighted by atomic mass is 9.69. The molecule has 1 fully saturated rings. The lowest BCUT2D eigenvalue weighted by Gasteiger charge is -2.34. The SMILES string of the molecule is CCN(CC)C(=O)[C@H]1[C@@H](c2cccnc2)C12C=C(C(C)(C)C)C(=O)C(C(C)(C)C)=C2. The van der Waals surface area contributed by atoms with E-state index in [4.69, 9.17) is 0 Å². The minimum atomic E-state index is -0.470. The third-order valence-electron chi connectivity index (χ3n) is 6.58. The van der Waals surface area contributed by atoms with Gasteiger partial charge in [-0.3, -0.25) is 14.6 Å². The van der Waals surface area contributed by atoms with Crippen molar-refractivity contribution in [2.75, 3.05) is 13.1 Å². The maximum Gasteiger partial charge on any atom is 0.227 e. The third kappa shape index (κ3) is 3.66. The van der Waals surface area contributed by atoms with E-state index >= 15 is 0 Å². The molecule has 1 amide bonds. The van der Waals surface area contributed by atoms with Crippen molar-refractivity contribution in [2.24, 2.45) is 22.2 Å². The van der Waals surface area contributed by atoms with Crippen molar-refractivity contribution in [3.63, 3.8) is 0 Å². The summed E-state index contributed by atoms with van der Waals surface area (Å²) in [5.41, 5.74) is 1.64. The van der Waals surface area contributed by atoms with E-state index in [-0.39, 0.29) is 34.4 Å². The van der Waals surface area contributed by atoms with E-state index in [9.17, 15) is 9.59 Å². The number of amides is 1. The summed E-state index contributed by atoms with van der Waals surface area (Å²) in [6.45, 7) is 17.9. The van der Waals surface area contributed by atoms with Crippen LogP contribution in [0.3, 0.4) is 0 Å². The number of rotatable bonds is 4. The molecule has 2 aliphatic carbocycles. The van der Waals surface area contributed by atoms with Gasteiger partial charge in [-0.1, -0.05) is 59.8 Å². The molecular weight excluding hydrogens is 372 g/mol. The number of allylic oxidation sites excluding steroid dienone is 4. The second-order valence-corrected chi connectivity index (χ2v) is 10.7. The Balaban J connectivity index is 2.23. The van der Waals surface area contributed by atoms with Crippen LogP contribution in [0.5, 0.6) is 0 Å². The van der Waals surface area contributed by atoms with Crippen LogP contribution in [0.25, 0.3) is 0 Å². The zero-order valence-corrected chi connectivity index (χ0v) is 19.7. The maximum atomic E-state index is 13.6. The molecule has 1 aromatic rings. The van der Waals surface area contributed by atoms with Gasteiger partial charge < -0.3 is 4.90 Å². The number of hydrogen-bond acceptors (Lipinski definition) is 3. The Kier molecular flexibility index (Phi) is 5.59. The number of ketones is 1. The largest absolute Gasteiger partial charge is 0.343 e. The quantitative estimate of drug-likeness (QED) is 0.690. The summed E-state index contributed by atoms with van der Waals surface area (Å²) in [4.78, 5) is 33.3. The zero-order chi connectivity index (χ0) is 22.5. The molecule has 1 heterocycles. The molecule has 2 aliphatic rings. The number of carbonyl (C=O) groups excluding carboxylic acids is 2. The molecule has 0 saturated heterocycles. The molecule has 1 spiro atoms. The van der Waals surface area contributed by atoms with E-state index in [2.05, 4.69) is 64.7 Å². The standard InChI is InChI=1S/C26H36N2O2/c1-9-28(10-2)23(30)21-20(17-12-11-13-27-16-17)26(21)14-18(24(3,4)5)22(29)19(15-26)25(6,7)8/h11-16,20-21H,9-10H2,1-8H3/t20-,21-/m1/s1. The van der Waals surface area contributed by atoms with Crippen LogP contribution in [0, 0.1) is 22.2 Å². The summed E-state index contributed by atoms with van der Waals surface area (Å²) in [5, 5.41) is 0. The molecule has 0 unspecified atom stereocenters. The van der Waals surface area contributed by atoms with Crippen LogP contribution in [-0.2, 0) is 9.59 Å². The summed E-state index contributed by atoms with van der Waals surface area (Å²) in [6, 6.07) is 3.98. The van der Waals surface area contributed by atoms with Gasteiger partial charge in [0.2, 0.25) is 5.91 Å². The highest BCUT2D eigenvalue weighted by molar-refractivity contribution is 6.11. The first kappa shape index (κ1) is 22.5. The van der Waals surface area contributed by atoms with Gasteiger partial charge in [-0.2, -0.15) is 0 Å². The fourth-order valence-corrected chi connectivity index (χ4v) is 4.85. The number of hydrogen-bond donors (Lipinski definition) is 0. The highest BCUT2D eigenvalue weighted by Crippen LogP contribution is 2.70. The van der Waals surface area contributed by atoms with Crippen LogP contribution in [0.15, 0.2) is 47.8 Å². The second-order valence-electron chi connectivity index (χ2n) is 10.7. The molecule has 2 atom stereocenters. The minimum absolute atomic E-state index is 0.00194. The van der Waals surface area contributed by atoms with Gasteiger partial charge in [0.05, 0.1) is 5.92 Å². The van der Waals surface area contributed by atoms with Gasteiger partial charge in [0.25, 0.3) is 0 Å². The van der Waals surface area contributed by atoms with Crippen molar-refractivity contribution >= 4 is 11.7 Å². The molecule has 1 aromatic heterocycles. The van der Waals surface area contributed by atoms with E-state index in [1.807, 2.05) is 31.0 Å². The van der Waals surface area contributed by atoms with E-state index in [1.54, 1.807) is 6.20 Å². The first-order valence-corrected chi connectivity index (χ1v) is 11.1. The first-order valence-electron chi connectivity index (χ1n) is 11.1. The number of aromatic nitrogens is 1. The fourth-order valence-electron chi connectivity index (χ4n) is 4.85. The predicted octanol–water partition coefficient (Wildman–Crippen LogP) is 5.18. The highest BCUT2D eigenvalue weighted by Gasteiger charge is 2.68. The van der Waals surface area contributed by atoms with Crippen LogP contribution < -0.4 is 0 Å². The van der Waals surface area contributed by atoms with Gasteiger partial charge in [-0.25, -0.2) is 0 Å². The van der Waals surface area contributed by atoms with Crippen molar-refractivity contribution in [1.82, 2.24) is 9.88 Å². The van der Waals surface area contributed by atoms with Crippen molar-refractivity contribution < 1.29 is 9.59 Å². The summed E-state index contributed by atoms with van der Waals surface area (Å²) < 4.78 is 0. The molecule has 162 valence electrons. The second kappa shape index (κ2) is 7.47. The Morgan fingerprint density at radius 1 is 1.03 bits per heavy atom. The average molecular weight is 409 g/mol. The molecule has 1 saturated carbocycles. The minimum Gasteiger partial charge on any atom is -0.343 e. The van der Waals surface area contributed by atoms with Gasteiger partial charge in [0, 0.05) is 48.0 Å². The Bertz CT molecular complexity index is 859. The normalized spacial score (nSPS) is 23.1. The maximum absolute atomic E-state index is 13.6. The molecule has 0 aromatic carbocycles. The van der Waals surface area contributed by atoms with E-state index in [0.717, 1.165) is 16.7 Å². The molecule has 0 aliphatic heterocycles. The lowest BCUT2D eigenvalue weighted by Crippen LogP contribution is -2.35. The summed E-state index contributed by atoms with van der Waals surface area (Å²) in [5.74, 6) is 0.0789. The Labute approximate surface area is 181 Å². The summed E-state index contributed by atoms with van der Waals surface area (Å²) >= 11 is 0. The first-order chi connectivity index (χ1) is 13.9.